The maximum Gasteiger partial charge on any atom is 0.280 e. The number of fused-ring (bicyclic) bond motifs is 2. The molecule has 0 fully saturated rings. The zero-order valence-electron chi connectivity index (χ0n) is 13.4. The molecule has 5 heteroatoms. The number of aromatic nitrogens is 4. The Balaban J connectivity index is 1.79. The van der Waals surface area contributed by atoms with Crippen LogP contribution in [-0.2, 0) is 13.0 Å². The van der Waals surface area contributed by atoms with Crippen molar-refractivity contribution >= 4 is 11.0 Å². The van der Waals surface area contributed by atoms with Gasteiger partial charge in [-0.3, -0.25) is 9.36 Å². The molecule has 0 bridgehead atoms. The van der Waals surface area contributed by atoms with Crippen molar-refractivity contribution in [1.29, 1.82) is 0 Å². The van der Waals surface area contributed by atoms with Crippen molar-refractivity contribution in [3.05, 3.63) is 64.1 Å². The number of pyridine rings is 2. The number of nitrogens with zero attached hydrogens (tertiary/aromatic N) is 4. The maximum atomic E-state index is 12.6. The third kappa shape index (κ3) is 2.67. The van der Waals surface area contributed by atoms with Gasteiger partial charge in [-0.2, -0.15) is 0 Å². The molecular weight excluding hydrogens is 300 g/mol. The van der Waals surface area contributed by atoms with Crippen molar-refractivity contribution in [2.75, 3.05) is 0 Å². The molecule has 118 valence electrons. The molecule has 0 radical (unpaired) electrons. The predicted octanol–water partition coefficient (Wildman–Crippen LogP) is 2.17. The van der Waals surface area contributed by atoms with E-state index in [9.17, 15) is 4.79 Å². The summed E-state index contributed by atoms with van der Waals surface area (Å²) < 4.78 is 1.76. The Bertz CT molecular complexity index is 1030. The highest BCUT2D eigenvalue weighted by Crippen LogP contribution is 2.18. The topological polar surface area (TPSA) is 60.7 Å². The third-order valence-electron chi connectivity index (χ3n) is 4.25. The summed E-state index contributed by atoms with van der Waals surface area (Å²) in [6.07, 6.45) is 5.17. The average Bonchev–Trinajstić information content (AvgIpc) is 2.60. The van der Waals surface area contributed by atoms with Crippen molar-refractivity contribution in [3.8, 4) is 11.8 Å². The molecule has 3 aromatic rings. The standard InChI is InChI=1S/C19H16N4O/c1-13-7-9-23-17(10-13)22-16-11-14(12-21-18(16)19(23)24)5-6-15-4-2-3-8-20-15/h2-4,8,11-13H,7,9-10H2,1H3. The highest BCUT2D eigenvalue weighted by atomic mass is 16.1. The van der Waals surface area contributed by atoms with Gasteiger partial charge in [0, 0.05) is 30.9 Å². The summed E-state index contributed by atoms with van der Waals surface area (Å²) >= 11 is 0. The van der Waals surface area contributed by atoms with Gasteiger partial charge in [0.15, 0.2) is 5.52 Å². The van der Waals surface area contributed by atoms with Crippen LogP contribution < -0.4 is 5.56 Å². The largest absolute Gasteiger partial charge is 0.295 e. The molecule has 4 heterocycles. The minimum absolute atomic E-state index is 0.0499. The Labute approximate surface area is 139 Å². The second kappa shape index (κ2) is 5.89. The van der Waals surface area contributed by atoms with Crippen molar-refractivity contribution in [2.24, 2.45) is 5.92 Å². The Morgan fingerprint density at radius 3 is 3.00 bits per heavy atom. The van der Waals surface area contributed by atoms with Crippen LogP contribution in [0.25, 0.3) is 11.0 Å². The van der Waals surface area contributed by atoms with Crippen LogP contribution in [0.4, 0.5) is 0 Å². The van der Waals surface area contributed by atoms with Crippen LogP contribution in [0.15, 0.2) is 41.5 Å². The first kappa shape index (κ1) is 14.6. The quantitative estimate of drug-likeness (QED) is 0.596. The predicted molar refractivity (Wildman–Crippen MR) is 91.5 cm³/mol. The van der Waals surface area contributed by atoms with Crippen LogP contribution in [0.2, 0.25) is 0 Å². The van der Waals surface area contributed by atoms with Crippen molar-refractivity contribution in [1.82, 2.24) is 19.5 Å². The fourth-order valence-electron chi connectivity index (χ4n) is 2.94. The van der Waals surface area contributed by atoms with E-state index in [1.807, 2.05) is 24.3 Å². The summed E-state index contributed by atoms with van der Waals surface area (Å²) in [6, 6.07) is 7.43. The summed E-state index contributed by atoms with van der Waals surface area (Å²) in [5, 5.41) is 0. The lowest BCUT2D eigenvalue weighted by Gasteiger charge is -2.22. The summed E-state index contributed by atoms with van der Waals surface area (Å²) in [7, 11) is 0. The van der Waals surface area contributed by atoms with Gasteiger partial charge in [0.05, 0.1) is 5.52 Å². The van der Waals surface area contributed by atoms with Gasteiger partial charge in [0.25, 0.3) is 5.56 Å². The van der Waals surface area contributed by atoms with Gasteiger partial charge in [0.1, 0.15) is 11.5 Å². The van der Waals surface area contributed by atoms with Crippen LogP contribution in [-0.4, -0.2) is 19.5 Å². The lowest BCUT2D eigenvalue weighted by molar-refractivity contribution is 0.397. The van der Waals surface area contributed by atoms with E-state index in [-0.39, 0.29) is 5.56 Å². The molecular formula is C19H16N4O. The Morgan fingerprint density at radius 2 is 2.17 bits per heavy atom. The van der Waals surface area contributed by atoms with E-state index in [0.717, 1.165) is 30.8 Å². The van der Waals surface area contributed by atoms with E-state index in [0.29, 0.717) is 22.6 Å². The molecule has 1 unspecified atom stereocenters. The van der Waals surface area contributed by atoms with Gasteiger partial charge in [-0.1, -0.05) is 18.9 Å². The third-order valence-corrected chi connectivity index (χ3v) is 4.25. The van der Waals surface area contributed by atoms with Gasteiger partial charge >= 0.3 is 0 Å². The van der Waals surface area contributed by atoms with Crippen LogP contribution in [0, 0.1) is 17.8 Å². The van der Waals surface area contributed by atoms with Crippen LogP contribution in [0.1, 0.15) is 30.4 Å². The van der Waals surface area contributed by atoms with Crippen molar-refractivity contribution in [3.63, 3.8) is 0 Å². The van der Waals surface area contributed by atoms with Gasteiger partial charge in [0.2, 0.25) is 0 Å². The second-order valence-electron chi connectivity index (χ2n) is 6.14. The molecule has 0 aliphatic carbocycles. The first-order valence-electron chi connectivity index (χ1n) is 8.03. The van der Waals surface area contributed by atoms with Crippen LogP contribution in [0.5, 0.6) is 0 Å². The van der Waals surface area contributed by atoms with Gasteiger partial charge in [-0.15, -0.1) is 0 Å². The molecule has 1 aliphatic rings. The molecule has 1 atom stereocenters. The maximum absolute atomic E-state index is 12.6. The zero-order valence-corrected chi connectivity index (χ0v) is 13.4. The van der Waals surface area contributed by atoms with E-state index in [2.05, 4.69) is 33.7 Å². The Kier molecular flexibility index (Phi) is 3.58. The van der Waals surface area contributed by atoms with Crippen molar-refractivity contribution in [2.45, 2.75) is 26.3 Å². The average molecular weight is 316 g/mol. The fraction of sp³-hybridized carbons (Fsp3) is 0.263. The number of hydrogen-bond acceptors (Lipinski definition) is 4. The van der Waals surface area contributed by atoms with Crippen molar-refractivity contribution < 1.29 is 0 Å². The minimum atomic E-state index is -0.0499. The van der Waals surface area contributed by atoms with E-state index in [1.165, 1.54) is 0 Å². The normalized spacial score (nSPS) is 16.3. The molecule has 0 saturated heterocycles. The summed E-state index contributed by atoms with van der Waals surface area (Å²) in [6.45, 7) is 2.91. The van der Waals surface area contributed by atoms with Crippen LogP contribution >= 0.6 is 0 Å². The van der Waals surface area contributed by atoms with E-state index in [1.54, 1.807) is 17.0 Å². The van der Waals surface area contributed by atoms with E-state index < -0.39 is 0 Å². The molecule has 5 nitrogen and oxygen atoms in total. The second-order valence-corrected chi connectivity index (χ2v) is 6.14. The smallest absolute Gasteiger partial charge is 0.280 e. The molecule has 0 N–H and O–H groups in total. The Hall–Kier alpha value is -3.00. The lowest BCUT2D eigenvalue weighted by atomic mass is 10.00. The summed E-state index contributed by atoms with van der Waals surface area (Å²) in [5.74, 6) is 7.44. The van der Waals surface area contributed by atoms with Gasteiger partial charge < -0.3 is 0 Å². The molecule has 0 amide bonds. The lowest BCUT2D eigenvalue weighted by Crippen LogP contribution is -2.31. The molecule has 1 aliphatic heterocycles. The highest BCUT2D eigenvalue weighted by Gasteiger charge is 2.19. The molecule has 0 aromatic carbocycles. The highest BCUT2D eigenvalue weighted by molar-refractivity contribution is 5.74. The zero-order chi connectivity index (χ0) is 16.5. The monoisotopic (exact) mass is 316 g/mol. The minimum Gasteiger partial charge on any atom is -0.295 e. The Morgan fingerprint density at radius 1 is 1.25 bits per heavy atom. The van der Waals surface area contributed by atoms with Crippen LogP contribution in [0.3, 0.4) is 0 Å². The molecule has 0 saturated carbocycles. The summed E-state index contributed by atoms with van der Waals surface area (Å²) in [4.78, 5) is 25.7. The summed E-state index contributed by atoms with van der Waals surface area (Å²) in [5.41, 5.74) is 2.41. The number of hydrogen-bond donors (Lipinski definition) is 0. The first-order chi connectivity index (χ1) is 11.7. The number of rotatable bonds is 0. The fourth-order valence-corrected chi connectivity index (χ4v) is 2.94. The molecule has 3 aromatic heterocycles. The van der Waals surface area contributed by atoms with E-state index in [4.69, 9.17) is 0 Å². The SMILES string of the molecule is CC1CCn2c(nc3cc(C#Cc4ccccn4)cnc3c2=O)C1. The first-order valence-corrected chi connectivity index (χ1v) is 8.03. The molecule has 24 heavy (non-hydrogen) atoms. The molecule has 0 spiro atoms. The molecule has 4 rings (SSSR count). The van der Waals surface area contributed by atoms with Gasteiger partial charge in [-0.25, -0.2) is 15.0 Å². The van der Waals surface area contributed by atoms with E-state index >= 15 is 0 Å². The van der Waals surface area contributed by atoms with Gasteiger partial charge in [-0.05, 0) is 36.5 Å².